The summed E-state index contributed by atoms with van der Waals surface area (Å²) in [7, 11) is 3.42. The van der Waals surface area contributed by atoms with Crippen molar-refractivity contribution in [3.8, 4) is 30.9 Å². The number of amidine groups is 1. The zero-order chi connectivity index (χ0) is 25.0. The molecule has 1 fully saturated rings. The summed E-state index contributed by atoms with van der Waals surface area (Å²) < 4.78 is 1.48. The standard InChI is InChI=1S/C16H16N6O.C5H9NO2.C2H2/c1-3-11-5-4-6-12(9-11)22-10-13(15(21-22)16(18)23)20-14(17)7-8-19-2;1-6-3-2-4(7)5(6)8;1-2/h1,4-10,19H,2H3,(H2,17,20)(H2,18,23);4,7H,2-3H2,1H3;1-2H/b8-7-;;/t;4-;/m.0./s1. The number of likely N-dealkylation sites (tertiary alicyclic amines) is 1. The van der Waals surface area contributed by atoms with E-state index in [0.29, 0.717) is 24.2 Å². The molecule has 1 aliphatic heterocycles. The monoisotopic (exact) mass is 449 g/mol. The molecule has 1 aromatic heterocycles. The number of aliphatic hydroxyl groups excluding tert-OH is 1. The Morgan fingerprint density at radius 2 is 2.09 bits per heavy atom. The smallest absolute Gasteiger partial charge is 0.271 e. The van der Waals surface area contributed by atoms with Crippen LogP contribution < -0.4 is 16.8 Å². The summed E-state index contributed by atoms with van der Waals surface area (Å²) >= 11 is 0. The number of aromatic nitrogens is 2. The summed E-state index contributed by atoms with van der Waals surface area (Å²) in [5.74, 6) is 1.91. The third kappa shape index (κ3) is 7.58. The Morgan fingerprint density at radius 3 is 2.58 bits per heavy atom. The lowest BCUT2D eigenvalue weighted by molar-refractivity contribution is -0.133. The van der Waals surface area contributed by atoms with Crippen LogP contribution in [-0.2, 0) is 4.79 Å². The lowest BCUT2D eigenvalue weighted by Gasteiger charge is -2.04. The predicted molar refractivity (Wildman–Crippen MR) is 128 cm³/mol. The van der Waals surface area contributed by atoms with Crippen LogP contribution in [0, 0.1) is 25.2 Å². The lowest BCUT2D eigenvalue weighted by Crippen LogP contribution is -2.24. The fraction of sp³-hybridized carbons (Fsp3) is 0.217. The molecule has 3 rings (SSSR count). The zero-order valence-corrected chi connectivity index (χ0v) is 18.5. The Morgan fingerprint density at radius 1 is 1.39 bits per heavy atom. The second kappa shape index (κ2) is 13.0. The number of amides is 2. The first-order valence-electron chi connectivity index (χ1n) is 9.67. The van der Waals surface area contributed by atoms with Crippen molar-refractivity contribution in [1.29, 1.82) is 0 Å². The molecule has 2 aromatic rings. The molecule has 33 heavy (non-hydrogen) atoms. The maximum atomic E-state index is 11.6. The van der Waals surface area contributed by atoms with E-state index >= 15 is 0 Å². The number of nitrogens with one attached hydrogen (secondary N) is 1. The number of terminal acetylenes is 2. The van der Waals surface area contributed by atoms with Crippen molar-refractivity contribution in [2.75, 3.05) is 20.6 Å². The van der Waals surface area contributed by atoms with Crippen LogP contribution in [0.3, 0.4) is 0 Å². The van der Waals surface area contributed by atoms with Gasteiger partial charge in [-0.15, -0.1) is 19.3 Å². The number of likely N-dealkylation sites (N-methyl/N-ethyl adjacent to an activating group) is 1. The van der Waals surface area contributed by atoms with Crippen LogP contribution in [0.4, 0.5) is 5.69 Å². The molecule has 10 heteroatoms. The van der Waals surface area contributed by atoms with Gasteiger partial charge < -0.3 is 26.8 Å². The van der Waals surface area contributed by atoms with E-state index < -0.39 is 12.0 Å². The minimum Gasteiger partial charge on any atom is -0.394 e. The van der Waals surface area contributed by atoms with E-state index in [2.05, 4.69) is 34.2 Å². The highest BCUT2D eigenvalue weighted by atomic mass is 16.3. The van der Waals surface area contributed by atoms with E-state index in [9.17, 15) is 9.59 Å². The van der Waals surface area contributed by atoms with E-state index in [1.54, 1.807) is 56.8 Å². The molecule has 1 aromatic carbocycles. The van der Waals surface area contributed by atoms with Crippen LogP contribution in [0.25, 0.3) is 5.69 Å². The third-order valence-corrected chi connectivity index (χ3v) is 4.28. The minimum atomic E-state index is -0.722. The number of rotatable bonds is 5. The quantitative estimate of drug-likeness (QED) is 0.289. The molecule has 6 N–H and O–H groups in total. The van der Waals surface area contributed by atoms with Crippen molar-refractivity contribution in [2.24, 2.45) is 16.5 Å². The van der Waals surface area contributed by atoms with Crippen molar-refractivity contribution in [2.45, 2.75) is 12.5 Å². The number of aliphatic hydroxyl groups is 1. The number of carbonyl (C=O) groups excluding carboxylic acids is 2. The SMILES string of the molecule is C#C.C#Cc1cccc(-n2cc(N=C(N)/C=C\NC)c(C(N)=O)n2)c1.CN1CC[C@H](O)C1=O. The second-order valence-electron chi connectivity index (χ2n) is 6.59. The van der Waals surface area contributed by atoms with Crippen LogP contribution in [0.1, 0.15) is 22.5 Å². The van der Waals surface area contributed by atoms with Gasteiger partial charge in [0.2, 0.25) is 0 Å². The molecule has 0 radical (unpaired) electrons. The molecule has 172 valence electrons. The maximum Gasteiger partial charge on any atom is 0.271 e. The molecule has 2 heterocycles. The van der Waals surface area contributed by atoms with Gasteiger partial charge in [0.25, 0.3) is 11.8 Å². The fourth-order valence-corrected chi connectivity index (χ4v) is 2.64. The number of primary amides is 1. The van der Waals surface area contributed by atoms with Crippen molar-refractivity contribution >= 4 is 23.3 Å². The van der Waals surface area contributed by atoms with Gasteiger partial charge in [-0.1, -0.05) is 12.0 Å². The highest BCUT2D eigenvalue weighted by molar-refractivity contribution is 5.99. The van der Waals surface area contributed by atoms with Crippen molar-refractivity contribution < 1.29 is 14.7 Å². The van der Waals surface area contributed by atoms with Gasteiger partial charge in [0, 0.05) is 26.2 Å². The molecule has 1 atom stereocenters. The first-order chi connectivity index (χ1) is 15.8. The molecule has 2 amide bonds. The molecule has 0 unspecified atom stereocenters. The highest BCUT2D eigenvalue weighted by Gasteiger charge is 2.26. The molecule has 10 nitrogen and oxygen atoms in total. The van der Waals surface area contributed by atoms with Crippen molar-refractivity contribution in [1.82, 2.24) is 20.0 Å². The van der Waals surface area contributed by atoms with Crippen molar-refractivity contribution in [3.05, 3.63) is 54.0 Å². The Labute approximate surface area is 193 Å². The number of hydrogen-bond acceptors (Lipinski definition) is 6. The Bertz CT molecular complexity index is 1080. The lowest BCUT2D eigenvalue weighted by atomic mass is 10.2. The Kier molecular flexibility index (Phi) is 10.4. The zero-order valence-electron chi connectivity index (χ0n) is 18.5. The number of aliphatic imine (C=N–C) groups is 1. The molecule has 1 saturated heterocycles. The topological polar surface area (TPSA) is 152 Å². The molecule has 0 spiro atoms. The number of carbonyl (C=O) groups is 2. The van der Waals surface area contributed by atoms with E-state index in [0.717, 1.165) is 0 Å². The van der Waals surface area contributed by atoms with E-state index in [1.807, 2.05) is 0 Å². The summed E-state index contributed by atoms with van der Waals surface area (Å²) in [4.78, 5) is 27.8. The summed E-state index contributed by atoms with van der Waals surface area (Å²) in [6, 6.07) is 7.15. The van der Waals surface area contributed by atoms with Gasteiger partial charge in [-0.25, -0.2) is 9.67 Å². The van der Waals surface area contributed by atoms with E-state index in [-0.39, 0.29) is 23.1 Å². The maximum absolute atomic E-state index is 11.6. The van der Waals surface area contributed by atoms with Crippen LogP contribution in [-0.4, -0.2) is 64.2 Å². The van der Waals surface area contributed by atoms with Crippen LogP contribution in [0.15, 0.2) is 47.7 Å². The number of benzene rings is 1. The first-order valence-corrected chi connectivity index (χ1v) is 9.67. The largest absolute Gasteiger partial charge is 0.394 e. The number of nitrogens with two attached hydrogens (primary N) is 2. The molecule has 0 bridgehead atoms. The normalized spacial score (nSPS) is 15.2. The average molecular weight is 450 g/mol. The van der Waals surface area contributed by atoms with Gasteiger partial charge in [-0.2, -0.15) is 5.10 Å². The van der Waals surface area contributed by atoms with Gasteiger partial charge in [-0.3, -0.25) is 9.59 Å². The second-order valence-corrected chi connectivity index (χ2v) is 6.59. The van der Waals surface area contributed by atoms with Crippen molar-refractivity contribution in [3.63, 3.8) is 0 Å². The Balaban J connectivity index is 0.000000454. The van der Waals surface area contributed by atoms with Crippen LogP contribution >= 0.6 is 0 Å². The van der Waals surface area contributed by atoms with Crippen LogP contribution in [0.2, 0.25) is 0 Å². The first kappa shape index (κ1) is 26.5. The molecular weight excluding hydrogens is 422 g/mol. The van der Waals surface area contributed by atoms with Gasteiger partial charge in [0.1, 0.15) is 17.6 Å². The van der Waals surface area contributed by atoms with Gasteiger partial charge in [0.05, 0.1) is 11.9 Å². The van der Waals surface area contributed by atoms with Crippen LogP contribution in [0.5, 0.6) is 0 Å². The van der Waals surface area contributed by atoms with Gasteiger partial charge in [0.15, 0.2) is 5.69 Å². The predicted octanol–water partition coefficient (Wildman–Crippen LogP) is 0.133. The fourth-order valence-electron chi connectivity index (χ4n) is 2.64. The summed E-state index contributed by atoms with van der Waals surface area (Å²) in [5, 5.41) is 15.7. The average Bonchev–Trinajstić information content (AvgIpc) is 3.38. The van der Waals surface area contributed by atoms with E-state index in [4.69, 9.17) is 23.0 Å². The minimum absolute atomic E-state index is 0.0249. The number of nitrogens with zero attached hydrogens (tertiary/aromatic N) is 4. The summed E-state index contributed by atoms with van der Waals surface area (Å²) in [6.45, 7) is 0.694. The Hall–Kier alpha value is -4.54. The highest BCUT2D eigenvalue weighted by Crippen LogP contribution is 2.20. The molecule has 1 aliphatic rings. The van der Waals surface area contributed by atoms with Gasteiger partial charge in [-0.05, 0) is 36.9 Å². The summed E-state index contributed by atoms with van der Waals surface area (Å²) in [6.07, 6.45) is 18.0. The molecule has 0 aliphatic carbocycles. The molecular formula is C23H27N7O3. The van der Waals surface area contributed by atoms with E-state index in [1.165, 1.54) is 9.58 Å². The third-order valence-electron chi connectivity index (χ3n) is 4.28. The van der Waals surface area contributed by atoms with Gasteiger partial charge >= 0.3 is 0 Å². The number of hydrogen-bond donors (Lipinski definition) is 4. The summed E-state index contributed by atoms with van der Waals surface area (Å²) in [5.41, 5.74) is 12.8. The molecule has 0 saturated carbocycles.